The van der Waals surface area contributed by atoms with E-state index in [-0.39, 0.29) is 0 Å². The zero-order valence-corrected chi connectivity index (χ0v) is 11.6. The number of aromatic nitrogens is 2. The summed E-state index contributed by atoms with van der Waals surface area (Å²) in [5.74, 6) is 0.795. The lowest BCUT2D eigenvalue weighted by Crippen LogP contribution is -2.22. The van der Waals surface area contributed by atoms with Crippen molar-refractivity contribution in [1.82, 2.24) is 15.3 Å². The van der Waals surface area contributed by atoms with Gasteiger partial charge in [0.05, 0.1) is 6.61 Å². The van der Waals surface area contributed by atoms with Gasteiger partial charge >= 0.3 is 0 Å². The Morgan fingerprint density at radius 3 is 2.67 bits per heavy atom. The second-order valence-corrected chi connectivity index (χ2v) is 4.34. The molecule has 1 aromatic heterocycles. The second-order valence-electron chi connectivity index (χ2n) is 4.34. The maximum Gasteiger partial charge on any atom is 0.224 e. The molecule has 102 valence electrons. The molecule has 0 fully saturated rings. The van der Waals surface area contributed by atoms with Gasteiger partial charge in [-0.05, 0) is 6.42 Å². The van der Waals surface area contributed by atoms with Gasteiger partial charge in [-0.1, -0.05) is 13.3 Å². The first-order valence-corrected chi connectivity index (χ1v) is 6.49. The van der Waals surface area contributed by atoms with E-state index in [4.69, 9.17) is 4.74 Å². The van der Waals surface area contributed by atoms with Crippen LogP contribution in [0.15, 0.2) is 12.4 Å². The van der Waals surface area contributed by atoms with Crippen LogP contribution in [0.5, 0.6) is 0 Å². The first-order chi connectivity index (χ1) is 8.77. The molecule has 1 N–H and O–H groups in total. The molecule has 0 aliphatic heterocycles. The van der Waals surface area contributed by atoms with Gasteiger partial charge in [0.1, 0.15) is 0 Å². The number of methoxy groups -OCH3 is 1. The molecule has 0 radical (unpaired) electrons. The fraction of sp³-hybridized carbons (Fsp3) is 0.692. The molecule has 1 heterocycles. The molecule has 18 heavy (non-hydrogen) atoms. The highest BCUT2D eigenvalue weighted by Crippen LogP contribution is 2.06. The number of nitrogens with zero attached hydrogens (tertiary/aromatic N) is 3. The molecule has 0 atom stereocenters. The molecule has 1 aromatic rings. The highest BCUT2D eigenvalue weighted by molar-refractivity contribution is 5.28. The highest BCUT2D eigenvalue weighted by Gasteiger charge is 2.03. The average Bonchev–Trinajstić information content (AvgIpc) is 2.41. The topological polar surface area (TPSA) is 50.3 Å². The van der Waals surface area contributed by atoms with Crippen LogP contribution in [-0.2, 0) is 11.3 Å². The van der Waals surface area contributed by atoms with Crippen molar-refractivity contribution in [3.63, 3.8) is 0 Å². The first-order valence-electron chi connectivity index (χ1n) is 6.49. The van der Waals surface area contributed by atoms with Crippen LogP contribution in [0.3, 0.4) is 0 Å². The van der Waals surface area contributed by atoms with Crippen LogP contribution in [0, 0.1) is 0 Å². The number of anilines is 1. The summed E-state index contributed by atoms with van der Waals surface area (Å²) in [6.45, 7) is 5.53. The number of hydrogen-bond donors (Lipinski definition) is 1. The number of unbranched alkanes of at least 4 members (excludes halogenated alkanes) is 1. The number of ether oxygens (including phenoxy) is 1. The molecule has 0 saturated carbocycles. The fourth-order valence-corrected chi connectivity index (χ4v) is 1.54. The summed E-state index contributed by atoms with van der Waals surface area (Å²) in [5.41, 5.74) is 1.10. The van der Waals surface area contributed by atoms with Gasteiger partial charge in [0.2, 0.25) is 5.95 Å². The van der Waals surface area contributed by atoms with E-state index in [0.717, 1.165) is 37.8 Å². The van der Waals surface area contributed by atoms with E-state index in [0.29, 0.717) is 0 Å². The molecule has 5 heteroatoms. The summed E-state index contributed by atoms with van der Waals surface area (Å²) < 4.78 is 4.97. The van der Waals surface area contributed by atoms with E-state index >= 15 is 0 Å². The van der Waals surface area contributed by atoms with E-state index in [2.05, 4.69) is 27.1 Å². The monoisotopic (exact) mass is 252 g/mol. The summed E-state index contributed by atoms with van der Waals surface area (Å²) in [7, 11) is 3.73. The van der Waals surface area contributed by atoms with Crippen LogP contribution >= 0.6 is 0 Å². The molecule has 0 amide bonds. The molecule has 0 saturated heterocycles. The molecule has 0 bridgehead atoms. The molecule has 5 nitrogen and oxygen atoms in total. The van der Waals surface area contributed by atoms with Crippen LogP contribution in [0.1, 0.15) is 25.3 Å². The lowest BCUT2D eigenvalue weighted by molar-refractivity contribution is 0.199. The van der Waals surface area contributed by atoms with Gasteiger partial charge in [-0.15, -0.1) is 0 Å². The van der Waals surface area contributed by atoms with Crippen molar-refractivity contribution in [2.75, 3.05) is 38.8 Å². The summed E-state index contributed by atoms with van der Waals surface area (Å²) in [6.07, 6.45) is 6.11. The predicted molar refractivity (Wildman–Crippen MR) is 73.8 cm³/mol. The molecule has 0 aliphatic carbocycles. The Balaban J connectivity index is 2.37. The van der Waals surface area contributed by atoms with Gasteiger partial charge in [0.15, 0.2) is 0 Å². The minimum Gasteiger partial charge on any atom is -0.383 e. The molecule has 0 aliphatic rings. The predicted octanol–water partition coefficient (Wildman–Crippen LogP) is 1.45. The van der Waals surface area contributed by atoms with Crippen molar-refractivity contribution in [1.29, 1.82) is 0 Å². The van der Waals surface area contributed by atoms with Crippen LogP contribution in [0.2, 0.25) is 0 Å². The van der Waals surface area contributed by atoms with E-state index < -0.39 is 0 Å². The van der Waals surface area contributed by atoms with Crippen LogP contribution < -0.4 is 10.2 Å². The lowest BCUT2D eigenvalue weighted by Gasteiger charge is -2.16. The Hall–Kier alpha value is -1.20. The van der Waals surface area contributed by atoms with E-state index in [9.17, 15) is 0 Å². The molecular formula is C13H24N4O. The van der Waals surface area contributed by atoms with Crippen molar-refractivity contribution in [3.8, 4) is 0 Å². The van der Waals surface area contributed by atoms with Crippen molar-refractivity contribution in [3.05, 3.63) is 18.0 Å². The normalized spacial score (nSPS) is 10.6. The van der Waals surface area contributed by atoms with Crippen molar-refractivity contribution in [2.24, 2.45) is 0 Å². The molecular weight excluding hydrogens is 228 g/mol. The quantitative estimate of drug-likeness (QED) is 0.674. The standard InChI is InChI=1S/C13H24N4O/c1-4-5-7-17(2)13-15-10-12(11-16-13)9-14-6-8-18-3/h10-11,14H,4-9H2,1-3H3. The van der Waals surface area contributed by atoms with Gasteiger partial charge in [-0.2, -0.15) is 0 Å². The Morgan fingerprint density at radius 2 is 2.06 bits per heavy atom. The van der Waals surface area contributed by atoms with Crippen molar-refractivity contribution < 1.29 is 4.74 Å². The minimum atomic E-state index is 0.721. The van der Waals surface area contributed by atoms with Crippen molar-refractivity contribution in [2.45, 2.75) is 26.3 Å². The zero-order valence-electron chi connectivity index (χ0n) is 11.6. The summed E-state index contributed by atoms with van der Waals surface area (Å²) >= 11 is 0. The Morgan fingerprint density at radius 1 is 1.33 bits per heavy atom. The Bertz CT molecular complexity index is 315. The second kappa shape index (κ2) is 8.83. The van der Waals surface area contributed by atoms with E-state index in [1.54, 1.807) is 7.11 Å². The Kier molecular flexibility index (Phi) is 7.29. The third-order valence-electron chi connectivity index (χ3n) is 2.69. The average molecular weight is 252 g/mol. The Labute approximate surface area is 110 Å². The maximum absolute atomic E-state index is 4.97. The summed E-state index contributed by atoms with van der Waals surface area (Å²) in [4.78, 5) is 10.8. The number of nitrogens with one attached hydrogen (secondary N) is 1. The molecule has 0 unspecified atom stereocenters. The largest absolute Gasteiger partial charge is 0.383 e. The lowest BCUT2D eigenvalue weighted by atomic mass is 10.3. The third-order valence-corrected chi connectivity index (χ3v) is 2.69. The van der Waals surface area contributed by atoms with Crippen molar-refractivity contribution >= 4 is 5.95 Å². The zero-order chi connectivity index (χ0) is 13.2. The van der Waals surface area contributed by atoms with Crippen LogP contribution in [0.4, 0.5) is 5.95 Å². The number of hydrogen-bond acceptors (Lipinski definition) is 5. The first kappa shape index (κ1) is 14.9. The van der Waals surface area contributed by atoms with E-state index in [1.165, 1.54) is 12.8 Å². The van der Waals surface area contributed by atoms with Crippen LogP contribution in [-0.4, -0.2) is 43.8 Å². The van der Waals surface area contributed by atoms with Gasteiger partial charge in [0.25, 0.3) is 0 Å². The van der Waals surface area contributed by atoms with E-state index in [1.807, 2.05) is 19.4 Å². The molecule has 0 aromatic carbocycles. The number of rotatable bonds is 9. The molecule has 1 rings (SSSR count). The SMILES string of the molecule is CCCCN(C)c1ncc(CNCCOC)cn1. The van der Waals surface area contributed by atoms with Crippen LogP contribution in [0.25, 0.3) is 0 Å². The third kappa shape index (κ3) is 5.42. The highest BCUT2D eigenvalue weighted by atomic mass is 16.5. The van der Waals surface area contributed by atoms with Gasteiger partial charge in [-0.3, -0.25) is 0 Å². The summed E-state index contributed by atoms with van der Waals surface area (Å²) in [5, 5.41) is 3.27. The summed E-state index contributed by atoms with van der Waals surface area (Å²) in [6, 6.07) is 0. The maximum atomic E-state index is 4.97. The molecule has 0 spiro atoms. The van der Waals surface area contributed by atoms with Gasteiger partial charge < -0.3 is 15.0 Å². The van der Waals surface area contributed by atoms with Gasteiger partial charge in [-0.25, -0.2) is 9.97 Å². The minimum absolute atomic E-state index is 0.721. The van der Waals surface area contributed by atoms with Gasteiger partial charge in [0, 0.05) is 51.7 Å². The fourth-order valence-electron chi connectivity index (χ4n) is 1.54. The smallest absolute Gasteiger partial charge is 0.224 e.